The van der Waals surface area contributed by atoms with Crippen LogP contribution in [0, 0.1) is 6.92 Å². The molecule has 2 rings (SSSR count). The fourth-order valence-electron chi connectivity index (χ4n) is 1.51. The van der Waals surface area contributed by atoms with Crippen molar-refractivity contribution < 1.29 is 4.74 Å². The first-order valence-corrected chi connectivity index (χ1v) is 4.30. The van der Waals surface area contributed by atoms with Gasteiger partial charge in [-0.05, 0) is 12.5 Å². The van der Waals surface area contributed by atoms with Gasteiger partial charge in [0.05, 0.1) is 0 Å². The molecule has 0 fully saturated rings. The van der Waals surface area contributed by atoms with E-state index in [4.69, 9.17) is 4.74 Å². The second-order valence-electron chi connectivity index (χ2n) is 3.09. The number of ether oxygens (including phenoxy) is 1. The molecular formula is C10H14ClNO. The number of halogens is 1. The van der Waals surface area contributed by atoms with Crippen molar-refractivity contribution in [2.75, 3.05) is 13.2 Å². The van der Waals surface area contributed by atoms with Gasteiger partial charge in [0.1, 0.15) is 12.4 Å². The molecule has 0 spiro atoms. The second-order valence-corrected chi connectivity index (χ2v) is 3.09. The average molecular weight is 200 g/mol. The maximum Gasteiger partial charge on any atom is 0.126 e. The lowest BCUT2D eigenvalue weighted by Gasteiger charge is -2.08. The Kier molecular flexibility index (Phi) is 3.58. The lowest BCUT2D eigenvalue weighted by atomic mass is 10.1. The molecule has 1 aliphatic rings. The zero-order chi connectivity index (χ0) is 8.39. The summed E-state index contributed by atoms with van der Waals surface area (Å²) in [6, 6.07) is 6.27. The normalized spacial score (nSPS) is 14.8. The number of nitrogens with one attached hydrogen (secondary N) is 1. The van der Waals surface area contributed by atoms with Crippen LogP contribution in [-0.4, -0.2) is 13.2 Å². The van der Waals surface area contributed by atoms with E-state index < -0.39 is 0 Å². The van der Waals surface area contributed by atoms with Gasteiger partial charge in [-0.1, -0.05) is 18.2 Å². The summed E-state index contributed by atoms with van der Waals surface area (Å²) in [5.74, 6) is 1.07. The monoisotopic (exact) mass is 199 g/mol. The first-order valence-electron chi connectivity index (χ1n) is 4.30. The summed E-state index contributed by atoms with van der Waals surface area (Å²) in [5, 5.41) is 3.31. The van der Waals surface area contributed by atoms with Gasteiger partial charge in [0.2, 0.25) is 0 Å². The van der Waals surface area contributed by atoms with Gasteiger partial charge in [-0.25, -0.2) is 0 Å². The molecule has 0 atom stereocenters. The molecule has 2 nitrogen and oxygen atoms in total. The third kappa shape index (κ3) is 2.14. The summed E-state index contributed by atoms with van der Waals surface area (Å²) in [5.41, 5.74) is 2.50. The molecule has 72 valence electrons. The number of rotatable bonds is 0. The summed E-state index contributed by atoms with van der Waals surface area (Å²) < 4.78 is 5.62. The molecule has 1 aromatic carbocycles. The molecular weight excluding hydrogens is 186 g/mol. The first kappa shape index (κ1) is 10.4. The van der Waals surface area contributed by atoms with Crippen molar-refractivity contribution in [3.63, 3.8) is 0 Å². The topological polar surface area (TPSA) is 21.3 Å². The summed E-state index contributed by atoms with van der Waals surface area (Å²) >= 11 is 0. The van der Waals surface area contributed by atoms with Crippen LogP contribution in [0.3, 0.4) is 0 Å². The van der Waals surface area contributed by atoms with Crippen LogP contribution in [0.2, 0.25) is 0 Å². The van der Waals surface area contributed by atoms with Gasteiger partial charge in [0, 0.05) is 18.7 Å². The molecule has 0 unspecified atom stereocenters. The molecule has 13 heavy (non-hydrogen) atoms. The standard InChI is InChI=1S/C10H13NO.ClH/c1-8-3-2-4-9-7-11-5-6-12-10(8)9;/h2-4,11H,5-7H2,1H3;1H. The highest BCUT2D eigenvalue weighted by atomic mass is 35.5. The molecule has 1 aromatic rings. The molecule has 0 aliphatic carbocycles. The van der Waals surface area contributed by atoms with Crippen LogP contribution in [0.5, 0.6) is 5.75 Å². The largest absolute Gasteiger partial charge is 0.492 e. The van der Waals surface area contributed by atoms with Crippen molar-refractivity contribution in [2.24, 2.45) is 0 Å². The third-order valence-electron chi connectivity index (χ3n) is 2.13. The van der Waals surface area contributed by atoms with Crippen molar-refractivity contribution in [2.45, 2.75) is 13.5 Å². The van der Waals surface area contributed by atoms with E-state index in [0.717, 1.165) is 25.4 Å². The highest BCUT2D eigenvalue weighted by Crippen LogP contribution is 2.24. The third-order valence-corrected chi connectivity index (χ3v) is 2.13. The summed E-state index contributed by atoms with van der Waals surface area (Å²) in [4.78, 5) is 0. The van der Waals surface area contributed by atoms with Crippen LogP contribution >= 0.6 is 12.4 Å². The summed E-state index contributed by atoms with van der Waals surface area (Å²) in [6.45, 7) is 4.73. The Hall–Kier alpha value is -0.730. The van der Waals surface area contributed by atoms with Crippen LogP contribution in [0.15, 0.2) is 18.2 Å². The predicted molar refractivity (Wildman–Crippen MR) is 55.6 cm³/mol. The van der Waals surface area contributed by atoms with Crippen LogP contribution in [0.25, 0.3) is 0 Å². The Morgan fingerprint density at radius 1 is 1.38 bits per heavy atom. The molecule has 1 heterocycles. The Labute approximate surface area is 84.7 Å². The zero-order valence-corrected chi connectivity index (χ0v) is 8.49. The SMILES string of the molecule is Cc1cccc2c1OCCNC2.Cl. The summed E-state index contributed by atoms with van der Waals surface area (Å²) in [6.07, 6.45) is 0. The highest BCUT2D eigenvalue weighted by Gasteiger charge is 2.09. The zero-order valence-electron chi connectivity index (χ0n) is 7.67. The number of hydrogen-bond acceptors (Lipinski definition) is 2. The lowest BCUT2D eigenvalue weighted by molar-refractivity contribution is 0.323. The van der Waals surface area contributed by atoms with Crippen LogP contribution in [-0.2, 0) is 6.54 Å². The Morgan fingerprint density at radius 2 is 2.23 bits per heavy atom. The first-order chi connectivity index (χ1) is 5.88. The Balaban J connectivity index is 0.000000845. The van der Waals surface area contributed by atoms with Crippen molar-refractivity contribution in [1.29, 1.82) is 0 Å². The minimum atomic E-state index is 0. The average Bonchev–Trinajstić information content (AvgIpc) is 2.30. The molecule has 1 aliphatic heterocycles. The quantitative estimate of drug-likeness (QED) is 0.689. The number of benzene rings is 1. The summed E-state index contributed by atoms with van der Waals surface area (Å²) in [7, 11) is 0. The van der Waals surface area contributed by atoms with Crippen molar-refractivity contribution >= 4 is 12.4 Å². The van der Waals surface area contributed by atoms with Gasteiger partial charge >= 0.3 is 0 Å². The van der Waals surface area contributed by atoms with E-state index in [0.29, 0.717) is 0 Å². The minimum absolute atomic E-state index is 0. The van der Waals surface area contributed by atoms with E-state index in [9.17, 15) is 0 Å². The highest BCUT2D eigenvalue weighted by molar-refractivity contribution is 5.85. The van der Waals surface area contributed by atoms with E-state index in [2.05, 4.69) is 30.4 Å². The Morgan fingerprint density at radius 3 is 3.08 bits per heavy atom. The molecule has 1 N–H and O–H groups in total. The maximum atomic E-state index is 5.62. The predicted octanol–water partition coefficient (Wildman–Crippen LogP) is 1.90. The molecule has 0 bridgehead atoms. The minimum Gasteiger partial charge on any atom is -0.492 e. The molecule has 0 aromatic heterocycles. The maximum absolute atomic E-state index is 5.62. The van der Waals surface area contributed by atoms with E-state index in [1.165, 1.54) is 11.1 Å². The van der Waals surface area contributed by atoms with Gasteiger partial charge in [-0.15, -0.1) is 12.4 Å². The van der Waals surface area contributed by atoms with Crippen molar-refractivity contribution in [3.8, 4) is 5.75 Å². The van der Waals surface area contributed by atoms with Crippen LogP contribution in [0.1, 0.15) is 11.1 Å². The fourth-order valence-corrected chi connectivity index (χ4v) is 1.51. The smallest absolute Gasteiger partial charge is 0.126 e. The van der Waals surface area contributed by atoms with Gasteiger partial charge in [0.15, 0.2) is 0 Å². The van der Waals surface area contributed by atoms with E-state index in [1.54, 1.807) is 0 Å². The second kappa shape index (κ2) is 4.49. The number of hydrogen-bond donors (Lipinski definition) is 1. The van der Waals surface area contributed by atoms with Gasteiger partial charge < -0.3 is 10.1 Å². The van der Waals surface area contributed by atoms with Gasteiger partial charge in [-0.3, -0.25) is 0 Å². The molecule has 0 saturated heterocycles. The molecule has 0 radical (unpaired) electrons. The molecule has 0 saturated carbocycles. The molecule has 3 heteroatoms. The number of fused-ring (bicyclic) bond motifs is 1. The van der Waals surface area contributed by atoms with Gasteiger partial charge in [0.25, 0.3) is 0 Å². The fraction of sp³-hybridized carbons (Fsp3) is 0.400. The van der Waals surface area contributed by atoms with Crippen molar-refractivity contribution in [3.05, 3.63) is 29.3 Å². The van der Waals surface area contributed by atoms with Gasteiger partial charge in [-0.2, -0.15) is 0 Å². The number of para-hydroxylation sites is 1. The van der Waals surface area contributed by atoms with Crippen molar-refractivity contribution in [1.82, 2.24) is 5.32 Å². The number of aryl methyl sites for hydroxylation is 1. The van der Waals surface area contributed by atoms with E-state index in [-0.39, 0.29) is 12.4 Å². The lowest BCUT2D eigenvalue weighted by Crippen LogP contribution is -2.16. The Bertz CT molecular complexity index is 288. The van der Waals surface area contributed by atoms with E-state index in [1.807, 2.05) is 0 Å². The van der Waals surface area contributed by atoms with E-state index >= 15 is 0 Å². The molecule has 0 amide bonds. The van der Waals surface area contributed by atoms with Crippen LogP contribution in [0.4, 0.5) is 0 Å². The van der Waals surface area contributed by atoms with Crippen LogP contribution < -0.4 is 10.1 Å².